The Bertz CT molecular complexity index is 644. The molecule has 0 aromatic carbocycles. The minimum atomic E-state index is -2.95. The number of aryl methyl sites for hydroxylation is 1. The van der Waals surface area contributed by atoms with Gasteiger partial charge in [-0.1, -0.05) is 18.3 Å². The molecule has 1 rings (SSSR count). The van der Waals surface area contributed by atoms with Crippen molar-refractivity contribution in [2.45, 2.75) is 37.8 Å². The molecule has 1 heterocycles. The van der Waals surface area contributed by atoms with Gasteiger partial charge in [0.1, 0.15) is 0 Å². The first-order chi connectivity index (χ1) is 10.6. The van der Waals surface area contributed by atoms with E-state index in [1.807, 2.05) is 0 Å². The van der Waals surface area contributed by atoms with Crippen molar-refractivity contribution in [1.82, 2.24) is 9.55 Å². The number of halogens is 2. The van der Waals surface area contributed by atoms with Crippen LogP contribution in [0, 0.1) is 6.92 Å². The van der Waals surface area contributed by atoms with Crippen molar-refractivity contribution < 1.29 is 18.3 Å². The van der Waals surface area contributed by atoms with Gasteiger partial charge in [0.25, 0.3) is 11.5 Å². The number of carbonyl (C=O) groups is 1. The lowest BCUT2D eigenvalue weighted by Crippen LogP contribution is -2.23. The number of aromatic nitrogens is 2. The number of ether oxygens (including phenoxy) is 1. The fourth-order valence-electron chi connectivity index (χ4n) is 1.61. The first-order valence-electron chi connectivity index (χ1n) is 7.00. The van der Waals surface area contributed by atoms with E-state index in [0.717, 1.165) is 11.8 Å². The summed E-state index contributed by atoms with van der Waals surface area (Å²) in [5.41, 5.74) is 0.484. The molecular weight excluding hydrogens is 326 g/mol. The largest absolute Gasteiger partial charge is 0.462 e. The molecule has 0 N–H and O–H groups in total. The van der Waals surface area contributed by atoms with E-state index in [9.17, 15) is 18.4 Å². The molecule has 0 aliphatic carbocycles. The molecular formula is C15H20F2N2O3S. The quantitative estimate of drug-likeness (QED) is 0.313. The van der Waals surface area contributed by atoms with Crippen LogP contribution in [0.1, 0.15) is 25.3 Å². The Morgan fingerprint density at radius 2 is 2.13 bits per heavy atom. The number of carbonyl (C=O) groups excluding carboxylic acids is 1. The Labute approximate surface area is 137 Å². The third kappa shape index (κ3) is 6.13. The summed E-state index contributed by atoms with van der Waals surface area (Å²) in [5, 5.41) is 0.394. The van der Waals surface area contributed by atoms with E-state index >= 15 is 0 Å². The van der Waals surface area contributed by atoms with Crippen LogP contribution in [0.2, 0.25) is 0 Å². The number of esters is 1. The van der Waals surface area contributed by atoms with E-state index in [1.165, 1.54) is 17.7 Å². The van der Waals surface area contributed by atoms with E-state index in [-0.39, 0.29) is 23.5 Å². The number of alkyl halides is 2. The van der Waals surface area contributed by atoms with Crippen LogP contribution >= 0.6 is 11.8 Å². The van der Waals surface area contributed by atoms with Crippen molar-refractivity contribution in [1.29, 1.82) is 0 Å². The fourth-order valence-corrected chi connectivity index (χ4v) is 2.60. The van der Waals surface area contributed by atoms with Gasteiger partial charge in [-0.05, 0) is 13.8 Å². The second kappa shape index (κ2) is 8.24. The number of rotatable bonds is 8. The Morgan fingerprint density at radius 3 is 2.74 bits per heavy atom. The normalized spacial score (nSPS) is 11.3. The third-order valence-corrected chi connectivity index (χ3v) is 4.09. The van der Waals surface area contributed by atoms with E-state index in [2.05, 4.69) is 16.3 Å². The maximum atomic E-state index is 13.7. The zero-order valence-electron chi connectivity index (χ0n) is 13.4. The molecule has 5 nitrogen and oxygen atoms in total. The summed E-state index contributed by atoms with van der Waals surface area (Å²) >= 11 is 1.09. The number of hydrogen-bond acceptors (Lipinski definition) is 5. The summed E-state index contributed by atoms with van der Waals surface area (Å²) < 4.78 is 33.4. The Kier molecular flexibility index (Phi) is 6.93. The molecule has 0 bridgehead atoms. The highest BCUT2D eigenvalue weighted by Crippen LogP contribution is 2.26. The smallest absolute Gasteiger partial charge is 0.333 e. The van der Waals surface area contributed by atoms with Crippen LogP contribution in [-0.2, 0) is 16.6 Å². The molecule has 128 valence electrons. The van der Waals surface area contributed by atoms with E-state index in [0.29, 0.717) is 10.7 Å². The predicted molar refractivity (Wildman–Crippen MR) is 84.9 cm³/mol. The Hall–Kier alpha value is -1.70. The number of hydrogen-bond donors (Lipinski definition) is 0. The molecule has 8 heteroatoms. The van der Waals surface area contributed by atoms with Gasteiger partial charge < -0.3 is 4.74 Å². The van der Waals surface area contributed by atoms with Crippen molar-refractivity contribution in [2.75, 3.05) is 12.4 Å². The van der Waals surface area contributed by atoms with Gasteiger partial charge >= 0.3 is 5.97 Å². The van der Waals surface area contributed by atoms with Crippen LogP contribution in [0.5, 0.6) is 0 Å². The molecule has 0 fully saturated rings. The van der Waals surface area contributed by atoms with Crippen molar-refractivity contribution in [3.8, 4) is 0 Å². The SMILES string of the molecule is C=C(C)C(=O)OCCC(F)(F)CCSc1ncc(C)c(=O)n1C. The highest BCUT2D eigenvalue weighted by atomic mass is 32.2. The highest BCUT2D eigenvalue weighted by molar-refractivity contribution is 7.99. The molecule has 1 aromatic rings. The van der Waals surface area contributed by atoms with Crippen molar-refractivity contribution >= 4 is 17.7 Å². The monoisotopic (exact) mass is 346 g/mol. The minimum absolute atomic E-state index is 0.102. The molecule has 0 radical (unpaired) electrons. The lowest BCUT2D eigenvalue weighted by atomic mass is 10.2. The first-order valence-corrected chi connectivity index (χ1v) is 7.98. The Morgan fingerprint density at radius 1 is 1.48 bits per heavy atom. The molecule has 23 heavy (non-hydrogen) atoms. The second-order valence-electron chi connectivity index (χ2n) is 5.21. The van der Waals surface area contributed by atoms with Gasteiger partial charge in [-0.15, -0.1) is 0 Å². The topological polar surface area (TPSA) is 61.2 Å². The van der Waals surface area contributed by atoms with Crippen LogP contribution in [0.4, 0.5) is 8.78 Å². The van der Waals surface area contributed by atoms with Crippen LogP contribution in [-0.4, -0.2) is 33.8 Å². The van der Waals surface area contributed by atoms with Crippen LogP contribution < -0.4 is 5.56 Å². The van der Waals surface area contributed by atoms with Gasteiger partial charge in [0.2, 0.25) is 0 Å². The molecule has 0 aliphatic heterocycles. The van der Waals surface area contributed by atoms with Gasteiger partial charge in [-0.25, -0.2) is 18.6 Å². The van der Waals surface area contributed by atoms with Gasteiger partial charge in [0.05, 0.1) is 6.61 Å². The van der Waals surface area contributed by atoms with Crippen LogP contribution in [0.15, 0.2) is 28.3 Å². The molecule has 0 spiro atoms. The lowest BCUT2D eigenvalue weighted by Gasteiger charge is -2.16. The molecule has 1 aromatic heterocycles. The fraction of sp³-hybridized carbons (Fsp3) is 0.533. The first kappa shape index (κ1) is 19.3. The highest BCUT2D eigenvalue weighted by Gasteiger charge is 2.29. The average Bonchev–Trinajstić information content (AvgIpc) is 2.46. The van der Waals surface area contributed by atoms with Crippen molar-refractivity contribution in [2.24, 2.45) is 7.05 Å². The zero-order chi connectivity index (χ0) is 17.6. The summed E-state index contributed by atoms with van der Waals surface area (Å²) in [4.78, 5) is 26.9. The third-order valence-electron chi connectivity index (χ3n) is 3.05. The van der Waals surface area contributed by atoms with Gasteiger partial charge in [-0.3, -0.25) is 9.36 Å². The molecule has 0 saturated heterocycles. The molecule has 0 amide bonds. The minimum Gasteiger partial charge on any atom is -0.462 e. The van der Waals surface area contributed by atoms with Crippen LogP contribution in [0.3, 0.4) is 0 Å². The van der Waals surface area contributed by atoms with Crippen molar-refractivity contribution in [3.05, 3.63) is 34.3 Å². The predicted octanol–water partition coefficient (Wildman–Crippen LogP) is 2.72. The summed E-state index contributed by atoms with van der Waals surface area (Å²) in [6, 6.07) is 0. The standard InChI is InChI=1S/C15H20F2N2O3S/c1-10(2)13(21)22-7-5-15(16,17)6-8-23-14-18-9-11(3)12(20)19(14)4/h9H,1,5-8H2,2-4H3. The summed E-state index contributed by atoms with van der Waals surface area (Å²) in [6.45, 7) is 6.12. The van der Waals surface area contributed by atoms with E-state index < -0.39 is 24.7 Å². The van der Waals surface area contributed by atoms with Crippen LogP contribution in [0.25, 0.3) is 0 Å². The molecule has 0 saturated carbocycles. The van der Waals surface area contributed by atoms with E-state index in [4.69, 9.17) is 0 Å². The maximum Gasteiger partial charge on any atom is 0.333 e. The molecule has 0 aliphatic rings. The number of nitrogens with zero attached hydrogens (tertiary/aromatic N) is 2. The van der Waals surface area contributed by atoms with Gasteiger partial charge in [0, 0.05) is 43.0 Å². The maximum absolute atomic E-state index is 13.7. The zero-order valence-corrected chi connectivity index (χ0v) is 14.2. The molecule has 0 atom stereocenters. The summed E-state index contributed by atoms with van der Waals surface area (Å²) in [6.07, 6.45) is 0.485. The van der Waals surface area contributed by atoms with Gasteiger partial charge in [0.15, 0.2) is 5.16 Å². The Balaban J connectivity index is 2.45. The number of thioether (sulfide) groups is 1. The lowest BCUT2D eigenvalue weighted by molar-refractivity contribution is -0.141. The molecule has 0 unspecified atom stereocenters. The average molecular weight is 346 g/mol. The summed E-state index contributed by atoms with van der Waals surface area (Å²) in [7, 11) is 1.56. The van der Waals surface area contributed by atoms with Gasteiger partial charge in [-0.2, -0.15) is 0 Å². The van der Waals surface area contributed by atoms with Crippen molar-refractivity contribution in [3.63, 3.8) is 0 Å². The second-order valence-corrected chi connectivity index (χ2v) is 6.27. The van der Waals surface area contributed by atoms with E-state index in [1.54, 1.807) is 14.0 Å². The summed E-state index contributed by atoms with van der Waals surface area (Å²) in [5.74, 6) is -3.52.